The Morgan fingerprint density at radius 2 is 2.11 bits per heavy atom. The maximum Gasteiger partial charge on any atom is 0.320 e. The zero-order valence-corrected chi connectivity index (χ0v) is 16.7. The summed E-state index contributed by atoms with van der Waals surface area (Å²) in [6.45, 7) is 3.40. The predicted molar refractivity (Wildman–Crippen MR) is 107 cm³/mol. The van der Waals surface area contributed by atoms with Gasteiger partial charge in [0.15, 0.2) is 0 Å². The van der Waals surface area contributed by atoms with Crippen LogP contribution in [0.25, 0.3) is 0 Å². The number of fused-ring (bicyclic) bond motifs is 1. The van der Waals surface area contributed by atoms with Gasteiger partial charge in [-0.15, -0.1) is 0 Å². The fraction of sp³-hybridized carbons (Fsp3) is 0.636. The molecule has 6 nitrogen and oxygen atoms in total. The van der Waals surface area contributed by atoms with Gasteiger partial charge in [-0.1, -0.05) is 38.3 Å². The molecule has 0 aromatic heterocycles. The number of amides is 1. The molecule has 1 aromatic rings. The molecule has 1 heterocycles. The van der Waals surface area contributed by atoms with Gasteiger partial charge in [0.1, 0.15) is 11.8 Å². The molecule has 154 valence electrons. The van der Waals surface area contributed by atoms with E-state index in [9.17, 15) is 14.7 Å². The summed E-state index contributed by atoms with van der Waals surface area (Å²) in [4.78, 5) is 26.1. The molecule has 1 amide bonds. The van der Waals surface area contributed by atoms with E-state index in [1.807, 2.05) is 29.2 Å². The number of carbonyl (C=O) groups excluding carboxylic acids is 1. The lowest BCUT2D eigenvalue weighted by Gasteiger charge is -2.32. The minimum absolute atomic E-state index is 0.116. The van der Waals surface area contributed by atoms with Crippen molar-refractivity contribution < 1.29 is 19.4 Å². The Morgan fingerprint density at radius 1 is 1.29 bits per heavy atom. The Kier molecular flexibility index (Phi) is 7.31. The smallest absolute Gasteiger partial charge is 0.320 e. The molecule has 1 aliphatic heterocycles. The van der Waals surface area contributed by atoms with Gasteiger partial charge in [-0.2, -0.15) is 0 Å². The number of benzene rings is 1. The zero-order chi connectivity index (χ0) is 19.9. The van der Waals surface area contributed by atoms with Gasteiger partial charge in [0, 0.05) is 12.6 Å². The molecule has 1 saturated carbocycles. The maximum absolute atomic E-state index is 12.5. The van der Waals surface area contributed by atoms with Crippen molar-refractivity contribution in [2.75, 3.05) is 13.2 Å². The molecule has 2 aliphatic rings. The summed E-state index contributed by atoms with van der Waals surface area (Å²) in [5.74, 6) is 0.309. The van der Waals surface area contributed by atoms with Gasteiger partial charge in [0.25, 0.3) is 0 Å². The Labute approximate surface area is 167 Å². The van der Waals surface area contributed by atoms with Gasteiger partial charge in [-0.25, -0.2) is 0 Å². The van der Waals surface area contributed by atoms with Crippen LogP contribution in [0, 0.1) is 5.92 Å². The molecule has 1 saturated heterocycles. The minimum Gasteiger partial charge on any atom is -0.494 e. The van der Waals surface area contributed by atoms with Gasteiger partial charge >= 0.3 is 5.97 Å². The van der Waals surface area contributed by atoms with Gasteiger partial charge in [-0.05, 0) is 49.3 Å². The second kappa shape index (κ2) is 9.92. The highest BCUT2D eigenvalue weighted by atomic mass is 16.5. The van der Waals surface area contributed by atoms with Crippen LogP contribution in [-0.2, 0) is 16.1 Å². The number of nitrogens with one attached hydrogen (secondary N) is 1. The van der Waals surface area contributed by atoms with Gasteiger partial charge in [0.05, 0.1) is 13.2 Å². The molecule has 2 N–H and O–H groups in total. The average Bonchev–Trinajstić information content (AvgIpc) is 3.06. The predicted octanol–water partition coefficient (Wildman–Crippen LogP) is 3.20. The van der Waals surface area contributed by atoms with E-state index in [4.69, 9.17) is 4.74 Å². The fourth-order valence-corrected chi connectivity index (χ4v) is 4.53. The number of likely N-dealkylation sites (tertiary alicyclic amines) is 1. The Hall–Kier alpha value is -2.08. The highest BCUT2D eigenvalue weighted by Crippen LogP contribution is 2.39. The Bertz CT molecular complexity index is 678. The van der Waals surface area contributed by atoms with E-state index >= 15 is 0 Å². The van der Waals surface area contributed by atoms with Crippen LogP contribution in [0.3, 0.4) is 0 Å². The number of carboxylic acids is 1. The third-order valence-electron chi connectivity index (χ3n) is 5.99. The molecule has 3 atom stereocenters. The molecule has 1 aliphatic carbocycles. The Morgan fingerprint density at radius 3 is 2.89 bits per heavy atom. The molecule has 3 unspecified atom stereocenters. The molecule has 2 fully saturated rings. The summed E-state index contributed by atoms with van der Waals surface area (Å²) in [6, 6.07) is 7.45. The third-order valence-corrected chi connectivity index (χ3v) is 5.99. The molecule has 3 rings (SSSR count). The number of carboxylic acid groups (broad SMARTS) is 1. The molecule has 28 heavy (non-hydrogen) atoms. The number of hydrogen-bond donors (Lipinski definition) is 2. The number of hydrogen-bond acceptors (Lipinski definition) is 4. The van der Waals surface area contributed by atoms with E-state index < -0.39 is 12.0 Å². The lowest BCUT2D eigenvalue weighted by Crippen LogP contribution is -2.47. The monoisotopic (exact) mass is 388 g/mol. The topological polar surface area (TPSA) is 78.9 Å². The normalized spacial score (nSPS) is 24.5. The molecule has 0 radical (unpaired) electrons. The van der Waals surface area contributed by atoms with E-state index in [2.05, 4.69) is 12.2 Å². The molecule has 0 bridgehead atoms. The van der Waals surface area contributed by atoms with Crippen molar-refractivity contribution in [3.8, 4) is 5.75 Å². The van der Waals surface area contributed by atoms with Crippen LogP contribution in [0.1, 0.15) is 57.4 Å². The maximum atomic E-state index is 12.5. The van der Waals surface area contributed by atoms with Crippen LogP contribution in [0.4, 0.5) is 0 Å². The quantitative estimate of drug-likeness (QED) is 0.635. The first-order valence-corrected chi connectivity index (χ1v) is 10.6. The van der Waals surface area contributed by atoms with Gasteiger partial charge < -0.3 is 15.2 Å². The summed E-state index contributed by atoms with van der Waals surface area (Å²) in [7, 11) is 0. The molecular formula is C22H32N2O4. The van der Waals surface area contributed by atoms with E-state index in [-0.39, 0.29) is 18.5 Å². The SMILES string of the molecule is CCCCOc1cccc(CNC(=O)CN2C(C(=O)O)CC3CCCCC32)c1. The first kappa shape index (κ1) is 20.6. The number of rotatable bonds is 9. The van der Waals surface area contributed by atoms with Crippen LogP contribution in [0.15, 0.2) is 24.3 Å². The number of unbranched alkanes of at least 4 members (excludes halogenated alkanes) is 1. The van der Waals surface area contributed by atoms with Crippen molar-refractivity contribution in [3.63, 3.8) is 0 Å². The summed E-state index contributed by atoms with van der Waals surface area (Å²) in [5, 5.41) is 12.5. The minimum atomic E-state index is -0.806. The van der Waals surface area contributed by atoms with Crippen LogP contribution < -0.4 is 10.1 Å². The van der Waals surface area contributed by atoms with E-state index in [1.165, 1.54) is 6.42 Å². The van der Waals surface area contributed by atoms with E-state index in [1.54, 1.807) is 0 Å². The first-order chi connectivity index (χ1) is 13.6. The molecule has 6 heteroatoms. The second-order valence-electron chi connectivity index (χ2n) is 8.00. The summed E-state index contributed by atoms with van der Waals surface area (Å²) in [5.41, 5.74) is 0.981. The van der Waals surface area contributed by atoms with Crippen molar-refractivity contribution in [2.24, 2.45) is 5.92 Å². The van der Waals surface area contributed by atoms with Gasteiger partial charge in [-0.3, -0.25) is 14.5 Å². The molecule has 0 spiro atoms. The average molecular weight is 389 g/mol. The highest BCUT2D eigenvalue weighted by molar-refractivity contribution is 5.80. The van der Waals surface area contributed by atoms with Crippen molar-refractivity contribution in [2.45, 2.75) is 70.5 Å². The van der Waals surface area contributed by atoms with Crippen molar-refractivity contribution in [3.05, 3.63) is 29.8 Å². The first-order valence-electron chi connectivity index (χ1n) is 10.6. The molecule has 1 aromatic carbocycles. The lowest BCUT2D eigenvalue weighted by atomic mass is 9.85. The van der Waals surface area contributed by atoms with Crippen molar-refractivity contribution >= 4 is 11.9 Å². The standard InChI is InChI=1S/C22H32N2O4/c1-2-3-11-28-18-9-6-7-16(12-18)14-23-21(25)15-24-19-10-5-4-8-17(19)13-20(24)22(26)27/h6-7,9,12,17,19-20H,2-5,8,10-11,13-15H2,1H3,(H,23,25)(H,26,27). The number of ether oxygens (including phenoxy) is 1. The number of carbonyl (C=O) groups is 2. The van der Waals surface area contributed by atoms with Crippen LogP contribution in [-0.4, -0.2) is 47.1 Å². The number of nitrogens with zero attached hydrogens (tertiary/aromatic N) is 1. The number of aliphatic carboxylic acids is 1. The highest BCUT2D eigenvalue weighted by Gasteiger charge is 2.45. The summed E-state index contributed by atoms with van der Waals surface area (Å²) < 4.78 is 5.71. The fourth-order valence-electron chi connectivity index (χ4n) is 4.53. The van der Waals surface area contributed by atoms with E-state index in [0.717, 1.165) is 43.4 Å². The van der Waals surface area contributed by atoms with Crippen molar-refractivity contribution in [1.29, 1.82) is 0 Å². The Balaban J connectivity index is 1.53. The molecular weight excluding hydrogens is 356 g/mol. The largest absolute Gasteiger partial charge is 0.494 e. The second-order valence-corrected chi connectivity index (χ2v) is 8.00. The van der Waals surface area contributed by atoms with Crippen LogP contribution in [0.2, 0.25) is 0 Å². The van der Waals surface area contributed by atoms with Crippen LogP contribution >= 0.6 is 0 Å². The van der Waals surface area contributed by atoms with Gasteiger partial charge in [0.2, 0.25) is 5.91 Å². The third kappa shape index (κ3) is 5.25. The summed E-state index contributed by atoms with van der Waals surface area (Å²) in [6.07, 6.45) is 7.15. The lowest BCUT2D eigenvalue weighted by molar-refractivity contribution is -0.143. The van der Waals surface area contributed by atoms with Crippen molar-refractivity contribution in [1.82, 2.24) is 10.2 Å². The van der Waals surface area contributed by atoms with Crippen LogP contribution in [0.5, 0.6) is 5.75 Å². The van der Waals surface area contributed by atoms with E-state index in [0.29, 0.717) is 25.5 Å². The summed E-state index contributed by atoms with van der Waals surface area (Å²) >= 11 is 0. The zero-order valence-electron chi connectivity index (χ0n) is 16.7.